The zero-order valence-electron chi connectivity index (χ0n) is 10.5. The lowest BCUT2D eigenvalue weighted by Gasteiger charge is -2.32. The van der Waals surface area contributed by atoms with E-state index in [0.717, 1.165) is 31.3 Å². The summed E-state index contributed by atoms with van der Waals surface area (Å²) in [5, 5.41) is 0. The monoisotopic (exact) mass is 238 g/mol. The summed E-state index contributed by atoms with van der Waals surface area (Å²) in [5.41, 5.74) is 1.04. The van der Waals surface area contributed by atoms with Crippen LogP contribution in [0.15, 0.2) is 11.1 Å². The fourth-order valence-electron chi connectivity index (χ4n) is 2.47. The van der Waals surface area contributed by atoms with E-state index in [0.29, 0.717) is 0 Å². The van der Waals surface area contributed by atoms with Gasteiger partial charge in [-0.15, -0.1) is 0 Å². The van der Waals surface area contributed by atoms with Crippen LogP contribution in [0.3, 0.4) is 0 Å². The summed E-state index contributed by atoms with van der Waals surface area (Å²) in [4.78, 5) is 23.8. The maximum Gasteiger partial charge on any atom is 0.348 e. The summed E-state index contributed by atoms with van der Waals surface area (Å²) in [6.45, 7) is 5.17. The Labute approximate surface area is 101 Å². The molecule has 2 rings (SSSR count). The van der Waals surface area contributed by atoms with Crippen LogP contribution in [-0.2, 0) is 19.1 Å². The van der Waals surface area contributed by atoms with E-state index in [2.05, 4.69) is 0 Å². The number of esters is 2. The van der Waals surface area contributed by atoms with Crippen molar-refractivity contribution in [2.45, 2.75) is 52.2 Å². The fraction of sp³-hybridized carbons (Fsp3) is 0.692. The maximum atomic E-state index is 11.9. The van der Waals surface area contributed by atoms with Gasteiger partial charge in [0.05, 0.1) is 0 Å². The van der Waals surface area contributed by atoms with Crippen molar-refractivity contribution in [2.24, 2.45) is 5.92 Å². The Bertz CT molecular complexity index is 370. The van der Waals surface area contributed by atoms with Gasteiger partial charge in [0.1, 0.15) is 5.57 Å². The van der Waals surface area contributed by atoms with E-state index < -0.39 is 17.7 Å². The molecule has 0 aromatic rings. The molecule has 1 unspecified atom stereocenters. The van der Waals surface area contributed by atoms with Crippen LogP contribution in [-0.4, -0.2) is 17.7 Å². The quantitative estimate of drug-likeness (QED) is 0.369. The Hall–Kier alpha value is -1.32. The summed E-state index contributed by atoms with van der Waals surface area (Å²) < 4.78 is 10.2. The standard InChI is InChI=1S/C13H18O4/c1-8-6-4-5-7-9(8)10-11(14)16-13(2,3)17-12(10)15/h8H,4-7H2,1-3H3. The first-order valence-corrected chi connectivity index (χ1v) is 6.10. The average molecular weight is 238 g/mol. The fourth-order valence-corrected chi connectivity index (χ4v) is 2.47. The number of allylic oxidation sites excluding steroid dienone is 1. The van der Waals surface area contributed by atoms with Gasteiger partial charge in [-0.1, -0.05) is 13.3 Å². The molecule has 2 fully saturated rings. The van der Waals surface area contributed by atoms with Crippen molar-refractivity contribution in [3.8, 4) is 0 Å². The van der Waals surface area contributed by atoms with Crippen molar-refractivity contribution in [3.05, 3.63) is 11.1 Å². The number of carbonyl (C=O) groups is 2. The summed E-state index contributed by atoms with van der Waals surface area (Å²) in [7, 11) is 0. The highest BCUT2D eigenvalue weighted by Gasteiger charge is 2.41. The number of hydrogen-bond acceptors (Lipinski definition) is 4. The van der Waals surface area contributed by atoms with E-state index in [9.17, 15) is 9.59 Å². The molecule has 0 aromatic heterocycles. The third-order valence-electron chi connectivity index (χ3n) is 3.33. The Balaban J connectivity index is 2.34. The lowest BCUT2D eigenvalue weighted by molar-refractivity contribution is -0.222. The molecule has 4 nitrogen and oxygen atoms in total. The topological polar surface area (TPSA) is 52.6 Å². The van der Waals surface area contributed by atoms with Gasteiger partial charge in [0, 0.05) is 13.8 Å². The van der Waals surface area contributed by atoms with Crippen LogP contribution >= 0.6 is 0 Å². The van der Waals surface area contributed by atoms with Gasteiger partial charge in [-0.2, -0.15) is 0 Å². The van der Waals surface area contributed by atoms with Gasteiger partial charge < -0.3 is 9.47 Å². The highest BCUT2D eigenvalue weighted by Crippen LogP contribution is 2.34. The van der Waals surface area contributed by atoms with Crippen molar-refractivity contribution in [2.75, 3.05) is 0 Å². The largest absolute Gasteiger partial charge is 0.419 e. The molecule has 0 N–H and O–H groups in total. The van der Waals surface area contributed by atoms with E-state index in [1.165, 1.54) is 0 Å². The molecule has 0 bridgehead atoms. The Kier molecular flexibility index (Phi) is 2.98. The molecule has 1 atom stereocenters. The number of ether oxygens (including phenoxy) is 2. The van der Waals surface area contributed by atoms with Crippen molar-refractivity contribution in [1.82, 2.24) is 0 Å². The molecule has 0 amide bonds. The van der Waals surface area contributed by atoms with Gasteiger partial charge in [0.15, 0.2) is 0 Å². The minimum Gasteiger partial charge on any atom is -0.419 e. The van der Waals surface area contributed by atoms with Gasteiger partial charge in [0.25, 0.3) is 5.79 Å². The van der Waals surface area contributed by atoms with E-state index >= 15 is 0 Å². The summed E-state index contributed by atoms with van der Waals surface area (Å²) in [5.74, 6) is -1.94. The lowest BCUT2D eigenvalue weighted by atomic mass is 9.82. The van der Waals surface area contributed by atoms with Gasteiger partial charge in [-0.3, -0.25) is 0 Å². The zero-order valence-corrected chi connectivity index (χ0v) is 10.5. The zero-order chi connectivity index (χ0) is 12.6. The van der Waals surface area contributed by atoms with Crippen LogP contribution in [0, 0.1) is 5.92 Å². The Morgan fingerprint density at radius 3 is 2.24 bits per heavy atom. The predicted octanol–water partition coefficient (Wildman–Crippen LogP) is 2.33. The van der Waals surface area contributed by atoms with E-state index in [-0.39, 0.29) is 11.5 Å². The highest BCUT2D eigenvalue weighted by molar-refractivity contribution is 6.16. The van der Waals surface area contributed by atoms with Crippen molar-refractivity contribution in [3.63, 3.8) is 0 Å². The molecule has 0 spiro atoms. The van der Waals surface area contributed by atoms with Gasteiger partial charge in [0.2, 0.25) is 0 Å². The number of carbonyl (C=O) groups excluding carboxylic acids is 2. The smallest absolute Gasteiger partial charge is 0.348 e. The van der Waals surface area contributed by atoms with Crippen LogP contribution in [0.1, 0.15) is 46.5 Å². The molecule has 2 aliphatic rings. The minimum atomic E-state index is -1.14. The molecule has 17 heavy (non-hydrogen) atoms. The molecule has 4 heteroatoms. The van der Waals surface area contributed by atoms with Crippen LogP contribution in [0.4, 0.5) is 0 Å². The Morgan fingerprint density at radius 2 is 1.71 bits per heavy atom. The molecular formula is C13H18O4. The Morgan fingerprint density at radius 1 is 1.12 bits per heavy atom. The highest BCUT2D eigenvalue weighted by atomic mass is 16.7. The van der Waals surface area contributed by atoms with Crippen LogP contribution in [0.2, 0.25) is 0 Å². The SMILES string of the molecule is CC1CCCCC1=C1C(=O)OC(C)(C)OC1=O. The van der Waals surface area contributed by atoms with Crippen molar-refractivity contribution in [1.29, 1.82) is 0 Å². The number of rotatable bonds is 0. The first-order chi connectivity index (χ1) is 7.91. The van der Waals surface area contributed by atoms with Gasteiger partial charge in [-0.25, -0.2) is 9.59 Å². The van der Waals surface area contributed by atoms with Crippen molar-refractivity contribution >= 4 is 11.9 Å². The second-order valence-electron chi connectivity index (χ2n) is 5.23. The molecule has 1 aliphatic carbocycles. The molecule has 1 saturated heterocycles. The molecule has 0 aromatic carbocycles. The molecular weight excluding hydrogens is 220 g/mol. The second-order valence-corrected chi connectivity index (χ2v) is 5.23. The number of cyclic esters (lactones) is 2. The van der Waals surface area contributed by atoms with E-state index in [1.807, 2.05) is 6.92 Å². The molecule has 1 aliphatic heterocycles. The molecule has 0 radical (unpaired) electrons. The average Bonchev–Trinajstić information content (AvgIpc) is 2.17. The first kappa shape index (κ1) is 12.1. The van der Waals surface area contributed by atoms with E-state index in [4.69, 9.17) is 9.47 Å². The lowest BCUT2D eigenvalue weighted by Crippen LogP contribution is -2.42. The van der Waals surface area contributed by atoms with Crippen molar-refractivity contribution < 1.29 is 19.1 Å². The van der Waals surface area contributed by atoms with Gasteiger partial charge >= 0.3 is 11.9 Å². The van der Waals surface area contributed by atoms with Crippen LogP contribution in [0.5, 0.6) is 0 Å². The summed E-state index contributed by atoms with van der Waals surface area (Å²) >= 11 is 0. The molecule has 1 saturated carbocycles. The van der Waals surface area contributed by atoms with E-state index in [1.54, 1.807) is 13.8 Å². The third kappa shape index (κ3) is 2.35. The normalized spacial score (nSPS) is 28.8. The minimum absolute atomic E-state index is 0.136. The third-order valence-corrected chi connectivity index (χ3v) is 3.33. The van der Waals surface area contributed by atoms with Crippen LogP contribution < -0.4 is 0 Å². The molecule has 94 valence electrons. The number of hydrogen-bond donors (Lipinski definition) is 0. The predicted molar refractivity (Wildman–Crippen MR) is 60.9 cm³/mol. The summed E-state index contributed by atoms with van der Waals surface area (Å²) in [6.07, 6.45) is 3.98. The van der Waals surface area contributed by atoms with Gasteiger partial charge in [-0.05, 0) is 30.8 Å². The first-order valence-electron chi connectivity index (χ1n) is 6.10. The summed E-state index contributed by atoms with van der Waals surface area (Å²) in [6, 6.07) is 0. The van der Waals surface area contributed by atoms with Crippen LogP contribution in [0.25, 0.3) is 0 Å². The maximum absolute atomic E-state index is 11.9. The molecule has 1 heterocycles. The second kappa shape index (κ2) is 4.17.